The number of rotatable bonds is 5. The molecule has 0 aliphatic rings. The Hall–Kier alpha value is -3.78. The molecular weight excluding hydrogens is 364 g/mol. The van der Waals surface area contributed by atoms with Crippen molar-refractivity contribution in [1.29, 1.82) is 0 Å². The zero-order valence-corrected chi connectivity index (χ0v) is 17.4. The van der Waals surface area contributed by atoms with Crippen LogP contribution in [-0.2, 0) is 0 Å². The van der Waals surface area contributed by atoms with E-state index in [1.807, 2.05) is 36.7 Å². The average Bonchev–Trinajstić information content (AvgIpc) is 2.79. The van der Waals surface area contributed by atoms with Gasteiger partial charge in [-0.15, -0.1) is 0 Å². The van der Waals surface area contributed by atoms with E-state index in [9.17, 15) is 0 Å². The summed E-state index contributed by atoms with van der Waals surface area (Å²) in [5.74, 6) is 0. The molecular formula is C28H24N2. The van der Waals surface area contributed by atoms with Gasteiger partial charge in [-0.3, -0.25) is 9.97 Å². The van der Waals surface area contributed by atoms with Crippen molar-refractivity contribution in [2.45, 2.75) is 13.8 Å². The predicted molar refractivity (Wildman–Crippen MR) is 128 cm³/mol. The lowest BCUT2D eigenvalue weighted by atomic mass is 9.88. The van der Waals surface area contributed by atoms with Crippen molar-refractivity contribution < 1.29 is 0 Å². The van der Waals surface area contributed by atoms with Gasteiger partial charge in [-0.2, -0.15) is 0 Å². The molecule has 0 saturated heterocycles. The van der Waals surface area contributed by atoms with Crippen molar-refractivity contribution in [3.8, 4) is 33.6 Å². The third kappa shape index (κ3) is 3.60. The topological polar surface area (TPSA) is 25.8 Å². The minimum atomic E-state index is 0.979. The van der Waals surface area contributed by atoms with Crippen molar-refractivity contribution in [3.05, 3.63) is 108 Å². The zero-order valence-electron chi connectivity index (χ0n) is 17.4. The summed E-state index contributed by atoms with van der Waals surface area (Å²) in [5, 5.41) is 0. The SMILES string of the molecule is C=Cc1ccc(-c2ccc(C=C)cc2-c2ncccc2C)c(-c2ncccc2C)c1. The van der Waals surface area contributed by atoms with Gasteiger partial charge in [-0.05, 0) is 71.5 Å². The number of aromatic nitrogens is 2. The first kappa shape index (κ1) is 19.5. The summed E-state index contributed by atoms with van der Waals surface area (Å²) in [4.78, 5) is 9.40. The van der Waals surface area contributed by atoms with E-state index in [4.69, 9.17) is 9.97 Å². The van der Waals surface area contributed by atoms with Gasteiger partial charge in [-0.25, -0.2) is 0 Å². The fourth-order valence-corrected chi connectivity index (χ4v) is 3.77. The van der Waals surface area contributed by atoms with Gasteiger partial charge in [0.05, 0.1) is 11.4 Å². The van der Waals surface area contributed by atoms with E-state index in [0.29, 0.717) is 0 Å². The standard InChI is InChI=1S/C28H24N2/c1-5-21-11-13-23(25(17-21)27-19(3)9-7-15-29-27)24-14-12-22(6-2)18-26(24)28-20(4)10-8-16-30-28/h5-18H,1-2H2,3-4H3. The third-order valence-electron chi connectivity index (χ3n) is 5.38. The summed E-state index contributed by atoms with van der Waals surface area (Å²) in [6, 6.07) is 21.0. The van der Waals surface area contributed by atoms with E-state index in [1.54, 1.807) is 0 Å². The van der Waals surface area contributed by atoms with Crippen molar-refractivity contribution in [2.75, 3.05) is 0 Å². The van der Waals surface area contributed by atoms with Gasteiger partial charge in [0.25, 0.3) is 0 Å². The molecule has 0 atom stereocenters. The molecule has 2 aromatic heterocycles. The predicted octanol–water partition coefficient (Wildman–Crippen LogP) is 7.38. The Balaban J connectivity index is 2.05. The van der Waals surface area contributed by atoms with Crippen LogP contribution in [0.1, 0.15) is 22.3 Å². The molecule has 2 nitrogen and oxygen atoms in total. The lowest BCUT2D eigenvalue weighted by Crippen LogP contribution is -1.96. The molecule has 2 heterocycles. The van der Waals surface area contributed by atoms with Crippen LogP contribution in [0.2, 0.25) is 0 Å². The highest BCUT2D eigenvalue weighted by molar-refractivity contribution is 5.92. The van der Waals surface area contributed by atoms with Crippen molar-refractivity contribution in [3.63, 3.8) is 0 Å². The lowest BCUT2D eigenvalue weighted by molar-refractivity contribution is 1.26. The lowest BCUT2D eigenvalue weighted by Gasteiger charge is -2.17. The van der Waals surface area contributed by atoms with Crippen molar-refractivity contribution in [1.82, 2.24) is 9.97 Å². The van der Waals surface area contributed by atoms with Crippen molar-refractivity contribution in [2.24, 2.45) is 0 Å². The number of benzene rings is 2. The molecule has 0 saturated carbocycles. The smallest absolute Gasteiger partial charge is 0.0737 e. The Bertz CT molecular complexity index is 1150. The Morgan fingerprint density at radius 2 is 1.03 bits per heavy atom. The van der Waals surface area contributed by atoms with Crippen LogP contribution in [0.5, 0.6) is 0 Å². The quantitative estimate of drug-likeness (QED) is 0.356. The zero-order chi connectivity index (χ0) is 21.1. The number of pyridine rings is 2. The minimum absolute atomic E-state index is 0.979. The molecule has 0 aliphatic heterocycles. The van der Waals surface area contributed by atoms with Crippen LogP contribution >= 0.6 is 0 Å². The van der Waals surface area contributed by atoms with E-state index < -0.39 is 0 Å². The van der Waals surface area contributed by atoms with Crippen LogP contribution < -0.4 is 0 Å². The first-order valence-corrected chi connectivity index (χ1v) is 9.99. The summed E-state index contributed by atoms with van der Waals surface area (Å²) in [5.41, 5.74) is 10.8. The normalized spacial score (nSPS) is 10.6. The second kappa shape index (κ2) is 8.30. The molecule has 0 aliphatic carbocycles. The summed E-state index contributed by atoms with van der Waals surface area (Å²) >= 11 is 0. The molecule has 2 heteroatoms. The van der Waals surface area contributed by atoms with Crippen LogP contribution in [0.4, 0.5) is 0 Å². The Morgan fingerprint density at radius 3 is 1.40 bits per heavy atom. The summed E-state index contributed by atoms with van der Waals surface area (Å²) in [6.45, 7) is 12.1. The summed E-state index contributed by atoms with van der Waals surface area (Å²) < 4.78 is 0. The van der Waals surface area contributed by atoms with Gasteiger partial charge in [0.2, 0.25) is 0 Å². The van der Waals surface area contributed by atoms with Gasteiger partial charge in [0.1, 0.15) is 0 Å². The number of hydrogen-bond donors (Lipinski definition) is 0. The molecule has 0 radical (unpaired) electrons. The van der Waals surface area contributed by atoms with E-state index in [0.717, 1.165) is 55.9 Å². The van der Waals surface area contributed by atoms with Gasteiger partial charge >= 0.3 is 0 Å². The van der Waals surface area contributed by atoms with Crippen LogP contribution in [0.25, 0.3) is 45.8 Å². The fourth-order valence-electron chi connectivity index (χ4n) is 3.77. The van der Waals surface area contributed by atoms with E-state index in [1.165, 1.54) is 0 Å². The number of hydrogen-bond acceptors (Lipinski definition) is 2. The second-order valence-electron chi connectivity index (χ2n) is 7.36. The Labute approximate surface area is 178 Å². The van der Waals surface area contributed by atoms with Crippen molar-refractivity contribution >= 4 is 12.2 Å². The Kier molecular flexibility index (Phi) is 5.40. The molecule has 4 aromatic rings. The summed E-state index contributed by atoms with van der Waals surface area (Å²) in [7, 11) is 0. The monoisotopic (exact) mass is 388 g/mol. The summed E-state index contributed by atoms with van der Waals surface area (Å²) in [6.07, 6.45) is 7.43. The highest BCUT2D eigenvalue weighted by Gasteiger charge is 2.17. The first-order valence-electron chi connectivity index (χ1n) is 9.99. The first-order chi connectivity index (χ1) is 14.6. The molecule has 0 unspecified atom stereocenters. The molecule has 0 amide bonds. The van der Waals surface area contributed by atoms with Gasteiger partial charge in [-0.1, -0.05) is 61.7 Å². The van der Waals surface area contributed by atoms with Gasteiger partial charge in [0.15, 0.2) is 0 Å². The highest BCUT2D eigenvalue weighted by Crippen LogP contribution is 2.39. The molecule has 0 N–H and O–H groups in total. The number of nitrogens with zero attached hydrogens (tertiary/aromatic N) is 2. The van der Waals surface area contributed by atoms with Gasteiger partial charge in [0, 0.05) is 23.5 Å². The maximum Gasteiger partial charge on any atom is 0.0737 e. The van der Waals surface area contributed by atoms with E-state index in [2.05, 4.69) is 75.5 Å². The van der Waals surface area contributed by atoms with Gasteiger partial charge < -0.3 is 0 Å². The maximum absolute atomic E-state index is 4.70. The fraction of sp³-hybridized carbons (Fsp3) is 0.0714. The molecule has 0 spiro atoms. The van der Waals surface area contributed by atoms with Crippen LogP contribution in [0.3, 0.4) is 0 Å². The van der Waals surface area contributed by atoms with Crippen LogP contribution in [-0.4, -0.2) is 9.97 Å². The van der Waals surface area contributed by atoms with E-state index >= 15 is 0 Å². The maximum atomic E-state index is 4.70. The molecule has 30 heavy (non-hydrogen) atoms. The largest absolute Gasteiger partial charge is 0.256 e. The third-order valence-corrected chi connectivity index (χ3v) is 5.38. The molecule has 4 rings (SSSR count). The van der Waals surface area contributed by atoms with Crippen LogP contribution in [0, 0.1) is 13.8 Å². The molecule has 2 aromatic carbocycles. The Morgan fingerprint density at radius 1 is 0.600 bits per heavy atom. The molecule has 0 bridgehead atoms. The average molecular weight is 389 g/mol. The van der Waals surface area contributed by atoms with E-state index in [-0.39, 0.29) is 0 Å². The molecule has 0 fully saturated rings. The highest BCUT2D eigenvalue weighted by atomic mass is 14.7. The van der Waals surface area contributed by atoms with Crippen LogP contribution in [0.15, 0.2) is 86.2 Å². The second-order valence-corrected chi connectivity index (χ2v) is 7.36. The number of aryl methyl sites for hydroxylation is 2. The minimum Gasteiger partial charge on any atom is -0.256 e. The molecule has 146 valence electrons.